The summed E-state index contributed by atoms with van der Waals surface area (Å²) in [6.07, 6.45) is 0. The fraction of sp³-hybridized carbons (Fsp3) is 0.0909. The van der Waals surface area contributed by atoms with E-state index in [0.717, 1.165) is 5.56 Å². The van der Waals surface area contributed by atoms with Crippen LogP contribution in [0.1, 0.15) is 5.76 Å². The summed E-state index contributed by atoms with van der Waals surface area (Å²) in [5.41, 5.74) is 0.819. The number of aryl methyl sites for hydroxylation is 1. The predicted molar refractivity (Wildman–Crippen MR) is 71.4 cm³/mol. The number of hydrogen-bond donors (Lipinski definition) is 1. The molecular formula is C11H9N3O4S2. The van der Waals surface area contributed by atoms with Crippen molar-refractivity contribution in [1.29, 1.82) is 0 Å². The summed E-state index contributed by atoms with van der Waals surface area (Å²) in [6, 6.07) is 3.12. The summed E-state index contributed by atoms with van der Waals surface area (Å²) in [7, 11) is -3.84. The van der Waals surface area contributed by atoms with E-state index in [1.807, 2.05) is 16.8 Å². The Morgan fingerprint density at radius 1 is 1.40 bits per heavy atom. The highest BCUT2D eigenvalue weighted by Crippen LogP contribution is 2.28. The van der Waals surface area contributed by atoms with Gasteiger partial charge in [-0.1, -0.05) is 5.16 Å². The highest BCUT2D eigenvalue weighted by molar-refractivity contribution is 7.89. The molecule has 7 nitrogen and oxygen atoms in total. The summed E-state index contributed by atoms with van der Waals surface area (Å²) in [4.78, 5) is 4.06. The second kappa shape index (κ2) is 4.54. The van der Waals surface area contributed by atoms with E-state index in [2.05, 4.69) is 10.1 Å². The first-order valence-electron chi connectivity index (χ1n) is 5.45. The van der Waals surface area contributed by atoms with Gasteiger partial charge in [-0.3, -0.25) is 0 Å². The number of primary sulfonamides is 1. The average molecular weight is 311 g/mol. The zero-order valence-corrected chi connectivity index (χ0v) is 11.9. The van der Waals surface area contributed by atoms with Gasteiger partial charge in [-0.15, -0.1) is 0 Å². The van der Waals surface area contributed by atoms with Gasteiger partial charge in [0.05, 0.1) is 0 Å². The first-order chi connectivity index (χ1) is 9.45. The molecule has 0 radical (unpaired) electrons. The van der Waals surface area contributed by atoms with Crippen molar-refractivity contribution in [3.8, 4) is 23.0 Å². The first kappa shape index (κ1) is 13.0. The molecule has 0 bridgehead atoms. The maximum atomic E-state index is 11.3. The topological polar surface area (TPSA) is 112 Å². The molecule has 104 valence electrons. The third-order valence-corrected chi connectivity index (χ3v) is 4.30. The fourth-order valence-electron chi connectivity index (χ4n) is 1.69. The molecule has 2 N–H and O–H groups in total. The summed E-state index contributed by atoms with van der Waals surface area (Å²) >= 11 is 1.51. The molecule has 0 aromatic carbocycles. The Balaban J connectivity index is 2.03. The van der Waals surface area contributed by atoms with Gasteiger partial charge in [0.25, 0.3) is 5.89 Å². The predicted octanol–water partition coefficient (Wildman–Crippen LogP) is 2.01. The molecule has 0 aliphatic carbocycles. The van der Waals surface area contributed by atoms with Gasteiger partial charge < -0.3 is 8.94 Å². The van der Waals surface area contributed by atoms with Gasteiger partial charge in [0.15, 0.2) is 5.76 Å². The van der Waals surface area contributed by atoms with E-state index in [9.17, 15) is 8.42 Å². The Morgan fingerprint density at radius 3 is 2.80 bits per heavy atom. The van der Waals surface area contributed by atoms with Gasteiger partial charge in [0.2, 0.25) is 15.8 Å². The van der Waals surface area contributed by atoms with E-state index >= 15 is 0 Å². The normalized spacial score (nSPS) is 11.9. The van der Waals surface area contributed by atoms with Crippen molar-refractivity contribution in [1.82, 2.24) is 10.1 Å². The number of thiophene rings is 1. The number of nitrogens with two attached hydrogens (primary N) is 1. The summed E-state index contributed by atoms with van der Waals surface area (Å²) in [5.74, 6) is 0.856. The highest BCUT2D eigenvalue weighted by Gasteiger charge is 2.21. The second-order valence-corrected chi connectivity index (χ2v) is 6.32. The number of sulfonamides is 1. The molecule has 0 saturated carbocycles. The Labute approximate surface area is 118 Å². The zero-order valence-electron chi connectivity index (χ0n) is 10.2. The van der Waals surface area contributed by atoms with E-state index < -0.39 is 10.0 Å². The van der Waals surface area contributed by atoms with Gasteiger partial charge in [-0.2, -0.15) is 16.3 Å². The zero-order chi connectivity index (χ0) is 14.3. The van der Waals surface area contributed by atoms with E-state index in [-0.39, 0.29) is 22.3 Å². The van der Waals surface area contributed by atoms with Crippen LogP contribution >= 0.6 is 11.3 Å². The molecule has 3 aromatic heterocycles. The summed E-state index contributed by atoms with van der Waals surface area (Å²) < 4.78 is 33.1. The molecule has 0 fully saturated rings. The Morgan fingerprint density at radius 2 is 2.20 bits per heavy atom. The van der Waals surface area contributed by atoms with Crippen LogP contribution in [0.3, 0.4) is 0 Å². The minimum atomic E-state index is -3.84. The molecule has 0 aliphatic rings. The molecule has 3 heterocycles. The smallest absolute Gasteiger partial charge is 0.293 e. The van der Waals surface area contributed by atoms with Gasteiger partial charge in [-0.05, 0) is 18.4 Å². The average Bonchev–Trinajstić information content (AvgIpc) is 3.06. The standard InChI is InChI=1S/C11H9N3O4S2/c1-6-9(20(12,15)16)4-8(17-6)11-13-10(14-18-11)7-2-3-19-5-7/h2-5H,1H3,(H2,12,15,16). The van der Waals surface area contributed by atoms with E-state index in [1.54, 1.807) is 0 Å². The lowest BCUT2D eigenvalue weighted by molar-refractivity contribution is 0.413. The molecular weight excluding hydrogens is 302 g/mol. The number of hydrogen-bond acceptors (Lipinski definition) is 7. The molecule has 9 heteroatoms. The monoisotopic (exact) mass is 311 g/mol. The van der Waals surface area contributed by atoms with Crippen molar-refractivity contribution in [2.45, 2.75) is 11.8 Å². The van der Waals surface area contributed by atoms with Crippen LogP contribution in [0, 0.1) is 6.92 Å². The lowest BCUT2D eigenvalue weighted by Gasteiger charge is -1.90. The van der Waals surface area contributed by atoms with Crippen LogP contribution in [0.15, 0.2) is 36.7 Å². The van der Waals surface area contributed by atoms with Crippen LogP contribution in [0.2, 0.25) is 0 Å². The molecule has 3 rings (SSSR count). The quantitative estimate of drug-likeness (QED) is 0.791. The number of nitrogens with zero attached hydrogens (tertiary/aromatic N) is 2. The van der Waals surface area contributed by atoms with Crippen molar-refractivity contribution in [2.24, 2.45) is 5.14 Å². The minimum absolute atomic E-state index is 0.0946. The Kier molecular flexibility index (Phi) is 2.96. The molecule has 0 atom stereocenters. The van der Waals surface area contributed by atoms with E-state index in [1.165, 1.54) is 24.3 Å². The van der Waals surface area contributed by atoms with Gasteiger partial charge in [0.1, 0.15) is 10.7 Å². The third-order valence-electron chi connectivity index (χ3n) is 2.59. The van der Waals surface area contributed by atoms with Crippen LogP contribution in [-0.4, -0.2) is 18.6 Å². The Bertz CT molecular complexity index is 846. The van der Waals surface area contributed by atoms with Crippen molar-refractivity contribution in [2.75, 3.05) is 0 Å². The van der Waals surface area contributed by atoms with Crippen LogP contribution in [0.5, 0.6) is 0 Å². The third kappa shape index (κ3) is 2.26. The molecule has 3 aromatic rings. The number of furan rings is 1. The van der Waals surface area contributed by atoms with Crippen molar-refractivity contribution in [3.63, 3.8) is 0 Å². The SMILES string of the molecule is Cc1oc(-c2nc(-c3ccsc3)no2)cc1S(N)(=O)=O. The maximum absolute atomic E-state index is 11.3. The fourth-order valence-corrected chi connectivity index (χ4v) is 3.03. The molecule has 0 aliphatic heterocycles. The number of rotatable bonds is 3. The largest absolute Gasteiger partial charge is 0.455 e. The minimum Gasteiger partial charge on any atom is -0.455 e. The van der Waals surface area contributed by atoms with Crippen LogP contribution < -0.4 is 5.14 Å². The summed E-state index contributed by atoms with van der Waals surface area (Å²) in [6.45, 7) is 1.50. The van der Waals surface area contributed by atoms with Crippen molar-refractivity contribution in [3.05, 3.63) is 28.7 Å². The molecule has 0 saturated heterocycles. The van der Waals surface area contributed by atoms with Gasteiger partial charge in [0, 0.05) is 17.0 Å². The lowest BCUT2D eigenvalue weighted by Crippen LogP contribution is -2.12. The van der Waals surface area contributed by atoms with E-state index in [4.69, 9.17) is 14.1 Å². The first-order valence-corrected chi connectivity index (χ1v) is 7.94. The van der Waals surface area contributed by atoms with Crippen LogP contribution in [-0.2, 0) is 10.0 Å². The van der Waals surface area contributed by atoms with Crippen molar-refractivity contribution < 1.29 is 17.4 Å². The van der Waals surface area contributed by atoms with Gasteiger partial charge >= 0.3 is 0 Å². The van der Waals surface area contributed by atoms with Crippen LogP contribution in [0.25, 0.3) is 23.0 Å². The molecule has 0 unspecified atom stereocenters. The second-order valence-electron chi connectivity index (χ2n) is 4.01. The highest BCUT2D eigenvalue weighted by atomic mass is 32.2. The number of aromatic nitrogens is 2. The molecule has 20 heavy (non-hydrogen) atoms. The maximum Gasteiger partial charge on any atom is 0.293 e. The lowest BCUT2D eigenvalue weighted by atomic mass is 10.3. The van der Waals surface area contributed by atoms with E-state index in [0.29, 0.717) is 5.82 Å². The van der Waals surface area contributed by atoms with Gasteiger partial charge in [-0.25, -0.2) is 13.6 Å². The molecule has 0 amide bonds. The summed E-state index contributed by atoms with van der Waals surface area (Å²) in [5, 5.41) is 12.7. The molecule has 0 spiro atoms. The van der Waals surface area contributed by atoms with Crippen molar-refractivity contribution >= 4 is 21.4 Å². The van der Waals surface area contributed by atoms with Crippen LogP contribution in [0.4, 0.5) is 0 Å². The Hall–Kier alpha value is -1.97.